The molecule has 2 amide bonds. The quantitative estimate of drug-likeness (QED) is 0.505. The molecule has 7 heteroatoms. The lowest BCUT2D eigenvalue weighted by Gasteiger charge is -2.45. The first kappa shape index (κ1) is 25.2. The topological polar surface area (TPSA) is 57.6 Å². The number of nitrogens with zero attached hydrogens (tertiary/aromatic N) is 3. The van der Waals surface area contributed by atoms with Crippen molar-refractivity contribution in [2.75, 3.05) is 26.2 Å². The summed E-state index contributed by atoms with van der Waals surface area (Å²) in [6.07, 6.45) is 8.79. The minimum Gasteiger partial charge on any atom is -0.351 e. The summed E-state index contributed by atoms with van der Waals surface area (Å²) in [5.74, 6) is -0.000189. The van der Waals surface area contributed by atoms with Gasteiger partial charge in [0.2, 0.25) is 5.91 Å². The molecule has 2 aliphatic rings. The van der Waals surface area contributed by atoms with Crippen LogP contribution in [0.2, 0.25) is 0 Å². The van der Waals surface area contributed by atoms with Gasteiger partial charge in [-0.25, -0.2) is 0 Å². The Morgan fingerprint density at radius 2 is 1.85 bits per heavy atom. The van der Waals surface area contributed by atoms with E-state index < -0.39 is 5.54 Å². The van der Waals surface area contributed by atoms with Crippen LogP contribution in [-0.4, -0.2) is 63.9 Å². The summed E-state index contributed by atoms with van der Waals surface area (Å²) in [5.41, 5.74) is 0.938. The zero-order valence-electron chi connectivity index (χ0n) is 21.5. The van der Waals surface area contributed by atoms with Gasteiger partial charge >= 0.3 is 0 Å². The largest absolute Gasteiger partial charge is 0.351 e. The summed E-state index contributed by atoms with van der Waals surface area (Å²) in [6, 6.07) is 4.47. The fourth-order valence-corrected chi connectivity index (χ4v) is 6.71. The molecule has 0 saturated heterocycles. The number of aryl methyl sites for hydroxylation is 1. The highest BCUT2D eigenvalue weighted by atomic mass is 32.1. The van der Waals surface area contributed by atoms with E-state index >= 15 is 0 Å². The maximum atomic E-state index is 13.9. The molecule has 1 unspecified atom stereocenters. The number of fused-ring (bicyclic) bond motifs is 3. The second-order valence-electron chi connectivity index (χ2n) is 10.2. The average Bonchev–Trinajstić information content (AvgIpc) is 3.27. The van der Waals surface area contributed by atoms with Gasteiger partial charge in [-0.1, -0.05) is 46.5 Å². The molecule has 1 aliphatic heterocycles. The number of nitrogens with one attached hydrogen (secondary N) is 1. The first-order chi connectivity index (χ1) is 16.4. The fraction of sp³-hybridized carbons (Fsp3) is 0.704. The number of hydrogen-bond acceptors (Lipinski definition) is 4. The van der Waals surface area contributed by atoms with Gasteiger partial charge in [0, 0.05) is 17.5 Å². The lowest BCUT2D eigenvalue weighted by molar-refractivity contribution is -0.133. The zero-order chi connectivity index (χ0) is 24.3. The second kappa shape index (κ2) is 10.8. The molecule has 2 aromatic heterocycles. The number of hydrogen-bond donors (Lipinski definition) is 1. The van der Waals surface area contributed by atoms with Crippen LogP contribution in [-0.2, 0) is 17.8 Å². The Kier molecular flexibility index (Phi) is 8.03. The van der Waals surface area contributed by atoms with Crippen molar-refractivity contribution >= 4 is 33.4 Å². The van der Waals surface area contributed by atoms with E-state index in [9.17, 15) is 9.59 Å². The standard InChI is InChI=1S/C27H42N4O2S/c1-5-21-17-22-24(34-21)18-23-25(32)31(16-12-15-29(6-2)7-3)27(4,19-30(22)23)26(33)28-20-13-10-8-9-11-14-20/h17-18,20H,5-16,19H2,1-4H3,(H,28,33). The number of carbonyl (C=O) groups excluding carboxylic acids is 2. The Morgan fingerprint density at radius 1 is 1.15 bits per heavy atom. The van der Waals surface area contributed by atoms with Crippen LogP contribution >= 0.6 is 11.3 Å². The highest BCUT2D eigenvalue weighted by Gasteiger charge is 2.48. The van der Waals surface area contributed by atoms with Crippen LogP contribution < -0.4 is 5.32 Å². The molecule has 1 atom stereocenters. The Bertz CT molecular complexity index is 1000. The van der Waals surface area contributed by atoms with Gasteiger partial charge in [-0.3, -0.25) is 9.59 Å². The van der Waals surface area contributed by atoms with Gasteiger partial charge in [0.25, 0.3) is 5.91 Å². The molecule has 6 nitrogen and oxygen atoms in total. The van der Waals surface area contributed by atoms with Gasteiger partial charge in [-0.2, -0.15) is 0 Å². The minimum absolute atomic E-state index is 0.00836. The van der Waals surface area contributed by atoms with E-state index in [4.69, 9.17) is 0 Å². The highest BCUT2D eigenvalue weighted by Crippen LogP contribution is 2.36. The Morgan fingerprint density at radius 3 is 2.50 bits per heavy atom. The molecule has 1 fully saturated rings. The number of rotatable bonds is 9. The van der Waals surface area contributed by atoms with E-state index in [1.54, 1.807) is 11.3 Å². The number of thiophene rings is 1. The number of aromatic nitrogens is 1. The molecule has 0 radical (unpaired) electrons. The van der Waals surface area contributed by atoms with Crippen molar-refractivity contribution in [2.24, 2.45) is 0 Å². The Hall–Kier alpha value is -1.86. The maximum absolute atomic E-state index is 13.9. The van der Waals surface area contributed by atoms with E-state index in [1.807, 2.05) is 17.9 Å². The third-order valence-electron chi connectivity index (χ3n) is 7.95. The van der Waals surface area contributed by atoms with Gasteiger partial charge in [0.05, 0.1) is 16.8 Å². The maximum Gasteiger partial charge on any atom is 0.271 e. The van der Waals surface area contributed by atoms with Gasteiger partial charge in [-0.05, 0) is 64.4 Å². The monoisotopic (exact) mass is 486 g/mol. The van der Waals surface area contributed by atoms with Crippen molar-refractivity contribution in [1.82, 2.24) is 19.7 Å². The SMILES string of the molecule is CCc1cc2c(cc3n2CC(C)(C(=O)NC2CCCCCC2)N(CCCN(CC)CC)C3=O)s1. The molecule has 1 saturated carbocycles. The van der Waals surface area contributed by atoms with Crippen molar-refractivity contribution in [2.45, 2.75) is 97.2 Å². The van der Waals surface area contributed by atoms with Crippen molar-refractivity contribution in [1.29, 1.82) is 0 Å². The van der Waals surface area contributed by atoms with Gasteiger partial charge in [-0.15, -0.1) is 11.3 Å². The summed E-state index contributed by atoms with van der Waals surface area (Å²) < 4.78 is 3.26. The van der Waals surface area contributed by atoms with E-state index in [1.165, 1.54) is 30.6 Å². The molecular formula is C27H42N4O2S. The predicted molar refractivity (Wildman–Crippen MR) is 141 cm³/mol. The lowest BCUT2D eigenvalue weighted by Crippen LogP contribution is -2.65. The summed E-state index contributed by atoms with van der Waals surface area (Å²) in [5, 5.41) is 3.37. The molecule has 3 heterocycles. The van der Waals surface area contributed by atoms with E-state index in [0.717, 1.165) is 61.2 Å². The average molecular weight is 487 g/mol. The Labute approximate surface area is 208 Å². The molecule has 34 heavy (non-hydrogen) atoms. The number of carbonyl (C=O) groups is 2. The van der Waals surface area contributed by atoms with E-state index in [2.05, 4.69) is 41.6 Å². The second-order valence-corrected chi connectivity index (χ2v) is 11.4. The summed E-state index contributed by atoms with van der Waals surface area (Å²) in [7, 11) is 0. The van der Waals surface area contributed by atoms with Crippen LogP contribution in [0, 0.1) is 0 Å². The molecule has 0 bridgehead atoms. The normalized spacial score (nSPS) is 21.8. The van der Waals surface area contributed by atoms with E-state index in [-0.39, 0.29) is 17.9 Å². The molecule has 188 valence electrons. The first-order valence-corrected chi connectivity index (χ1v) is 14.2. The fourth-order valence-electron chi connectivity index (χ4n) is 5.67. The third kappa shape index (κ3) is 4.92. The van der Waals surface area contributed by atoms with Gasteiger partial charge in [0.1, 0.15) is 11.2 Å². The highest BCUT2D eigenvalue weighted by molar-refractivity contribution is 7.19. The predicted octanol–water partition coefficient (Wildman–Crippen LogP) is 5.05. The van der Waals surface area contributed by atoms with Crippen molar-refractivity contribution < 1.29 is 9.59 Å². The van der Waals surface area contributed by atoms with Crippen molar-refractivity contribution in [3.63, 3.8) is 0 Å². The van der Waals surface area contributed by atoms with Crippen LogP contribution in [0.5, 0.6) is 0 Å². The number of amides is 2. The molecule has 2 aromatic rings. The van der Waals surface area contributed by atoms with Crippen LogP contribution in [0.15, 0.2) is 12.1 Å². The Balaban J connectivity index is 1.63. The van der Waals surface area contributed by atoms with Gasteiger partial charge in [0.15, 0.2) is 0 Å². The molecule has 1 N–H and O–H groups in total. The summed E-state index contributed by atoms with van der Waals surface area (Å²) in [4.78, 5) is 33.3. The van der Waals surface area contributed by atoms with Crippen LogP contribution in [0.25, 0.3) is 10.2 Å². The van der Waals surface area contributed by atoms with Crippen LogP contribution in [0.4, 0.5) is 0 Å². The first-order valence-electron chi connectivity index (χ1n) is 13.4. The van der Waals surface area contributed by atoms with Gasteiger partial charge < -0.3 is 19.7 Å². The molecule has 0 aromatic carbocycles. The molecular weight excluding hydrogens is 444 g/mol. The smallest absolute Gasteiger partial charge is 0.271 e. The third-order valence-corrected chi connectivity index (χ3v) is 9.16. The van der Waals surface area contributed by atoms with Crippen LogP contribution in [0.1, 0.15) is 88.0 Å². The molecule has 1 aliphatic carbocycles. The summed E-state index contributed by atoms with van der Waals surface area (Å²) >= 11 is 1.76. The lowest BCUT2D eigenvalue weighted by atomic mass is 9.93. The molecule has 4 rings (SSSR count). The minimum atomic E-state index is -0.889. The van der Waals surface area contributed by atoms with Crippen molar-refractivity contribution in [3.8, 4) is 0 Å². The zero-order valence-corrected chi connectivity index (χ0v) is 22.3. The van der Waals surface area contributed by atoms with Crippen molar-refractivity contribution in [3.05, 3.63) is 22.7 Å². The van der Waals surface area contributed by atoms with Crippen LogP contribution in [0.3, 0.4) is 0 Å². The molecule has 0 spiro atoms. The van der Waals surface area contributed by atoms with E-state index in [0.29, 0.717) is 13.1 Å². The summed E-state index contributed by atoms with van der Waals surface area (Å²) in [6.45, 7) is 12.5.